The smallest absolute Gasteiger partial charge is 0.243 e. The Kier molecular flexibility index (Phi) is 4.57. The van der Waals surface area contributed by atoms with E-state index in [9.17, 15) is 17.2 Å². The Labute approximate surface area is 159 Å². The molecular weight excluding hydrogens is 394 g/mol. The molecule has 2 aromatic heterocycles. The Balaban J connectivity index is 1.55. The SMILES string of the molecule is Cc1cc2c(N3CCN(S(=O)(=O)c4ccc(F)c(F)c4)CC3)ncnc2s1. The highest BCUT2D eigenvalue weighted by Crippen LogP contribution is 2.30. The second-order valence-electron chi connectivity index (χ2n) is 6.24. The highest BCUT2D eigenvalue weighted by Gasteiger charge is 2.30. The number of rotatable bonds is 3. The molecule has 1 saturated heterocycles. The molecule has 142 valence electrons. The molecule has 10 heteroatoms. The first-order valence-corrected chi connectivity index (χ1v) is 10.5. The minimum Gasteiger partial charge on any atom is -0.353 e. The maximum absolute atomic E-state index is 13.4. The summed E-state index contributed by atoms with van der Waals surface area (Å²) in [6, 6.07) is 4.66. The molecule has 3 aromatic rings. The second kappa shape index (κ2) is 6.77. The topological polar surface area (TPSA) is 66.4 Å². The first kappa shape index (κ1) is 18.2. The average molecular weight is 410 g/mol. The van der Waals surface area contributed by atoms with E-state index in [0.717, 1.165) is 39.1 Å². The predicted molar refractivity (Wildman–Crippen MR) is 99.5 cm³/mol. The molecule has 0 atom stereocenters. The molecule has 27 heavy (non-hydrogen) atoms. The van der Waals surface area contributed by atoms with Gasteiger partial charge in [-0.05, 0) is 31.2 Å². The van der Waals surface area contributed by atoms with Crippen LogP contribution in [0.4, 0.5) is 14.6 Å². The lowest BCUT2D eigenvalue weighted by Crippen LogP contribution is -2.49. The van der Waals surface area contributed by atoms with Crippen LogP contribution in [0.15, 0.2) is 35.5 Å². The summed E-state index contributed by atoms with van der Waals surface area (Å²) in [6.07, 6.45) is 1.51. The lowest BCUT2D eigenvalue weighted by atomic mass is 10.3. The van der Waals surface area contributed by atoms with Gasteiger partial charge in [0.15, 0.2) is 11.6 Å². The van der Waals surface area contributed by atoms with Crippen LogP contribution in [0.5, 0.6) is 0 Å². The zero-order chi connectivity index (χ0) is 19.2. The fourth-order valence-corrected chi connectivity index (χ4v) is 5.42. The van der Waals surface area contributed by atoms with Crippen molar-refractivity contribution in [3.05, 3.63) is 47.1 Å². The Bertz CT molecular complexity index is 1110. The van der Waals surface area contributed by atoms with Crippen LogP contribution in [-0.2, 0) is 10.0 Å². The summed E-state index contributed by atoms with van der Waals surface area (Å²) in [7, 11) is -3.88. The van der Waals surface area contributed by atoms with E-state index in [0.29, 0.717) is 13.1 Å². The number of aromatic nitrogens is 2. The van der Waals surface area contributed by atoms with Crippen LogP contribution >= 0.6 is 11.3 Å². The summed E-state index contributed by atoms with van der Waals surface area (Å²) in [6.45, 7) is 3.36. The summed E-state index contributed by atoms with van der Waals surface area (Å²) >= 11 is 1.58. The number of halogens is 2. The Morgan fingerprint density at radius 2 is 1.78 bits per heavy atom. The summed E-state index contributed by atoms with van der Waals surface area (Å²) in [5, 5.41) is 0.955. The Morgan fingerprint density at radius 3 is 2.48 bits per heavy atom. The zero-order valence-electron chi connectivity index (χ0n) is 14.4. The zero-order valence-corrected chi connectivity index (χ0v) is 16.0. The van der Waals surface area contributed by atoms with Gasteiger partial charge in [-0.2, -0.15) is 4.31 Å². The van der Waals surface area contributed by atoms with Crippen molar-refractivity contribution < 1.29 is 17.2 Å². The third kappa shape index (κ3) is 3.28. The standard InChI is InChI=1S/C17H16F2N4O2S2/c1-11-8-13-16(20-10-21-17(13)26-11)22-4-6-23(7-5-22)27(24,25)12-2-3-14(18)15(19)9-12/h2-3,8-10H,4-7H2,1H3. The van der Waals surface area contributed by atoms with E-state index in [2.05, 4.69) is 9.97 Å². The monoisotopic (exact) mass is 410 g/mol. The highest BCUT2D eigenvalue weighted by atomic mass is 32.2. The number of sulfonamides is 1. The van der Waals surface area contributed by atoms with Gasteiger partial charge in [0.2, 0.25) is 10.0 Å². The van der Waals surface area contributed by atoms with Crippen LogP contribution < -0.4 is 4.90 Å². The number of hydrogen-bond donors (Lipinski definition) is 0. The molecule has 0 amide bonds. The summed E-state index contributed by atoms with van der Waals surface area (Å²) < 4.78 is 53.2. The number of benzene rings is 1. The normalized spacial score (nSPS) is 16.2. The van der Waals surface area contributed by atoms with Crippen LogP contribution in [0.2, 0.25) is 0 Å². The van der Waals surface area contributed by atoms with Gasteiger partial charge < -0.3 is 4.90 Å². The van der Waals surface area contributed by atoms with Gasteiger partial charge in [-0.25, -0.2) is 27.2 Å². The molecule has 3 heterocycles. The van der Waals surface area contributed by atoms with Crippen molar-refractivity contribution in [2.45, 2.75) is 11.8 Å². The van der Waals surface area contributed by atoms with Gasteiger partial charge >= 0.3 is 0 Å². The molecule has 1 fully saturated rings. The van der Waals surface area contributed by atoms with E-state index >= 15 is 0 Å². The van der Waals surface area contributed by atoms with Crippen molar-refractivity contribution in [3.63, 3.8) is 0 Å². The maximum Gasteiger partial charge on any atom is 0.243 e. The van der Waals surface area contributed by atoms with Crippen LogP contribution in [0, 0.1) is 18.6 Å². The molecular formula is C17H16F2N4O2S2. The lowest BCUT2D eigenvalue weighted by molar-refractivity contribution is 0.383. The van der Waals surface area contributed by atoms with Crippen molar-refractivity contribution in [3.8, 4) is 0 Å². The van der Waals surface area contributed by atoms with Gasteiger partial charge in [0.25, 0.3) is 0 Å². The van der Waals surface area contributed by atoms with E-state index in [4.69, 9.17) is 0 Å². The second-order valence-corrected chi connectivity index (χ2v) is 9.41. The van der Waals surface area contributed by atoms with Crippen molar-refractivity contribution in [1.82, 2.24) is 14.3 Å². The summed E-state index contributed by atoms with van der Waals surface area (Å²) in [4.78, 5) is 12.5. The molecule has 0 spiro atoms. The van der Waals surface area contributed by atoms with Crippen molar-refractivity contribution in [1.29, 1.82) is 0 Å². The molecule has 0 saturated carbocycles. The van der Waals surface area contributed by atoms with Crippen LogP contribution in [0.1, 0.15) is 4.88 Å². The molecule has 1 aliphatic rings. The van der Waals surface area contributed by atoms with Gasteiger partial charge in [-0.1, -0.05) is 0 Å². The molecule has 0 bridgehead atoms. The molecule has 1 aromatic carbocycles. The molecule has 0 aliphatic carbocycles. The molecule has 4 rings (SSSR count). The largest absolute Gasteiger partial charge is 0.353 e. The van der Waals surface area contributed by atoms with E-state index in [1.54, 1.807) is 11.3 Å². The van der Waals surface area contributed by atoms with E-state index in [1.165, 1.54) is 10.6 Å². The summed E-state index contributed by atoms with van der Waals surface area (Å²) in [5.41, 5.74) is 0. The average Bonchev–Trinajstić information content (AvgIpc) is 3.04. The first-order valence-electron chi connectivity index (χ1n) is 8.27. The van der Waals surface area contributed by atoms with Crippen LogP contribution in [0.25, 0.3) is 10.2 Å². The first-order chi connectivity index (χ1) is 12.9. The Hall–Kier alpha value is -2.17. The highest BCUT2D eigenvalue weighted by molar-refractivity contribution is 7.89. The number of hydrogen-bond acceptors (Lipinski definition) is 6. The molecule has 6 nitrogen and oxygen atoms in total. The number of thiophene rings is 1. The third-order valence-electron chi connectivity index (χ3n) is 4.50. The van der Waals surface area contributed by atoms with Crippen LogP contribution in [0.3, 0.4) is 0 Å². The van der Waals surface area contributed by atoms with Crippen LogP contribution in [-0.4, -0.2) is 48.9 Å². The molecule has 0 unspecified atom stereocenters. The number of nitrogens with zero attached hydrogens (tertiary/aromatic N) is 4. The van der Waals surface area contributed by atoms with Gasteiger partial charge in [0.05, 0.1) is 10.3 Å². The predicted octanol–water partition coefficient (Wildman–Crippen LogP) is 2.79. The fourth-order valence-electron chi connectivity index (χ4n) is 3.14. The molecule has 0 radical (unpaired) electrons. The van der Waals surface area contributed by atoms with Gasteiger partial charge in [-0.15, -0.1) is 11.3 Å². The molecule has 0 N–H and O–H groups in total. The van der Waals surface area contributed by atoms with Gasteiger partial charge in [0.1, 0.15) is 17.0 Å². The summed E-state index contributed by atoms with van der Waals surface area (Å²) in [5.74, 6) is -1.46. The fraction of sp³-hybridized carbons (Fsp3) is 0.294. The van der Waals surface area contributed by atoms with E-state index in [-0.39, 0.29) is 18.0 Å². The third-order valence-corrected chi connectivity index (χ3v) is 7.35. The van der Waals surface area contributed by atoms with Crippen molar-refractivity contribution in [2.75, 3.05) is 31.1 Å². The quantitative estimate of drug-likeness (QED) is 0.664. The Morgan fingerprint density at radius 1 is 1.04 bits per heavy atom. The van der Waals surface area contributed by atoms with Gasteiger partial charge in [0, 0.05) is 31.1 Å². The number of anilines is 1. The number of aryl methyl sites for hydroxylation is 1. The van der Waals surface area contributed by atoms with E-state index < -0.39 is 21.7 Å². The minimum absolute atomic E-state index is 0.232. The minimum atomic E-state index is -3.88. The lowest BCUT2D eigenvalue weighted by Gasteiger charge is -2.34. The maximum atomic E-state index is 13.4. The van der Waals surface area contributed by atoms with E-state index in [1.807, 2.05) is 17.9 Å². The van der Waals surface area contributed by atoms with Crippen molar-refractivity contribution >= 4 is 37.4 Å². The molecule has 1 aliphatic heterocycles. The van der Waals surface area contributed by atoms with Crippen molar-refractivity contribution in [2.24, 2.45) is 0 Å². The number of fused-ring (bicyclic) bond motifs is 1. The number of piperazine rings is 1. The van der Waals surface area contributed by atoms with Gasteiger partial charge in [-0.3, -0.25) is 0 Å².